The van der Waals surface area contributed by atoms with Crippen LogP contribution in [0.15, 0.2) is 113 Å². The van der Waals surface area contributed by atoms with Crippen molar-refractivity contribution in [3.05, 3.63) is 119 Å². The molecule has 2 fully saturated rings. The highest BCUT2D eigenvalue weighted by Gasteiger charge is 2.55. The number of carbonyl (C=O) groups is 5. The number of halogens is 1. The Hall–Kier alpha value is -5.67. The number of hydrogen-bond acceptors (Lipinski definition) is 9. The number of phenolic OH excluding ortho intramolecular Hbond substituents is 1. The molecule has 1 aromatic heterocycles. The number of fused-ring (bicyclic) bond motifs is 2. The second kappa shape index (κ2) is 15.1. The molecule has 3 aliphatic rings. The van der Waals surface area contributed by atoms with E-state index < -0.39 is 52.6 Å². The summed E-state index contributed by atoms with van der Waals surface area (Å²) in [5.41, 5.74) is 1.11. The van der Waals surface area contributed by atoms with E-state index in [2.05, 4.69) is 20.9 Å². The standard InChI is InChI=1S/C38H32FN5O7S2/c39-28-16-23(6-8-29(28)45)42-30(46)17-26(21-9-12-40-13-10-21)32(25-11-14-41-35(25)48)27-18-53-37-33(36(49)44(37)34(27)38(50)51)43-31(47)19-52-24-7-5-20-3-1-2-4-22(20)15-24/h1-10,12-13,15-16,26,33,37,45H,11,14,17-19H2,(H,41,48)(H,42,46)(H,43,47)(H,50,51)/t26?,33-,37-/m1/s1. The molecule has 12 nitrogen and oxygen atoms in total. The number of nitrogens with zero attached hydrogens (tertiary/aromatic N) is 2. The highest BCUT2D eigenvalue weighted by molar-refractivity contribution is 8.00. The van der Waals surface area contributed by atoms with E-state index in [-0.39, 0.29) is 52.8 Å². The fourth-order valence-electron chi connectivity index (χ4n) is 6.79. The minimum absolute atomic E-state index is 0.0458. The minimum atomic E-state index is -1.40. The summed E-state index contributed by atoms with van der Waals surface area (Å²) in [7, 11) is 0. The Balaban J connectivity index is 1.16. The van der Waals surface area contributed by atoms with E-state index in [1.54, 1.807) is 12.1 Å². The molecule has 1 unspecified atom stereocenters. The van der Waals surface area contributed by atoms with Gasteiger partial charge in [-0.2, -0.15) is 0 Å². The lowest BCUT2D eigenvalue weighted by Crippen LogP contribution is -2.70. The Morgan fingerprint density at radius 3 is 2.51 bits per heavy atom. The summed E-state index contributed by atoms with van der Waals surface area (Å²) in [6.07, 6.45) is 2.97. The lowest BCUT2D eigenvalue weighted by atomic mass is 9.80. The quantitative estimate of drug-likeness (QED) is 0.0633. The fourth-order valence-corrected chi connectivity index (χ4v) is 8.91. The van der Waals surface area contributed by atoms with Crippen molar-refractivity contribution in [1.29, 1.82) is 0 Å². The van der Waals surface area contributed by atoms with Gasteiger partial charge >= 0.3 is 5.97 Å². The van der Waals surface area contributed by atoms with Crippen LogP contribution in [0.5, 0.6) is 5.75 Å². The van der Waals surface area contributed by atoms with Gasteiger partial charge in [0.2, 0.25) is 17.7 Å². The zero-order valence-electron chi connectivity index (χ0n) is 27.9. The summed E-state index contributed by atoms with van der Waals surface area (Å²) < 4.78 is 14.1. The van der Waals surface area contributed by atoms with E-state index in [1.807, 2.05) is 42.5 Å². The van der Waals surface area contributed by atoms with Crippen LogP contribution in [0.1, 0.15) is 24.3 Å². The topological polar surface area (TPSA) is 178 Å². The van der Waals surface area contributed by atoms with Crippen LogP contribution in [-0.2, 0) is 24.0 Å². The molecule has 0 spiro atoms. The van der Waals surface area contributed by atoms with Crippen LogP contribution in [0.4, 0.5) is 10.1 Å². The molecule has 0 bridgehead atoms. The number of aromatic nitrogens is 1. The molecule has 7 rings (SSSR count). The summed E-state index contributed by atoms with van der Waals surface area (Å²) in [6, 6.07) is 19.5. The predicted molar refractivity (Wildman–Crippen MR) is 197 cm³/mol. The third-order valence-electron chi connectivity index (χ3n) is 9.24. The van der Waals surface area contributed by atoms with E-state index in [0.29, 0.717) is 17.7 Å². The zero-order chi connectivity index (χ0) is 37.2. The van der Waals surface area contributed by atoms with Crippen LogP contribution in [0.25, 0.3) is 10.8 Å². The number of anilines is 1. The largest absolute Gasteiger partial charge is 0.505 e. The maximum Gasteiger partial charge on any atom is 0.352 e. The number of carboxylic acid groups (broad SMARTS) is 1. The number of benzene rings is 3. The third kappa shape index (κ3) is 7.35. The summed E-state index contributed by atoms with van der Waals surface area (Å²) in [5.74, 6) is -5.66. The van der Waals surface area contributed by atoms with E-state index in [1.165, 1.54) is 42.0 Å². The number of rotatable bonds is 11. The molecule has 270 valence electrons. The van der Waals surface area contributed by atoms with Gasteiger partial charge in [-0.3, -0.25) is 29.1 Å². The van der Waals surface area contributed by atoms with Gasteiger partial charge in [0.25, 0.3) is 5.91 Å². The van der Waals surface area contributed by atoms with Gasteiger partial charge in [0.05, 0.1) is 5.75 Å². The van der Waals surface area contributed by atoms with Gasteiger partial charge in [0, 0.05) is 59.3 Å². The van der Waals surface area contributed by atoms with Crippen LogP contribution in [0.2, 0.25) is 0 Å². The van der Waals surface area contributed by atoms with Crippen molar-refractivity contribution in [3.63, 3.8) is 0 Å². The number of hydrogen-bond donors (Lipinski definition) is 5. The SMILES string of the molecule is O=C(CC(C(=C1CCNC1=O)C1=C(C(=O)O)N2C(=O)[C@@H](NC(=O)CSc3ccc4ccccc4c3)[C@H]2SC1)c1ccncc1)Nc1ccc(O)c(F)c1. The van der Waals surface area contributed by atoms with Crippen molar-refractivity contribution >= 4 is 69.6 Å². The Kier molecular flexibility index (Phi) is 10.2. The molecule has 3 atom stereocenters. The van der Waals surface area contributed by atoms with Crippen molar-refractivity contribution in [1.82, 2.24) is 20.5 Å². The van der Waals surface area contributed by atoms with Gasteiger partial charge in [-0.05, 0) is 70.3 Å². The third-order valence-corrected chi connectivity index (χ3v) is 11.5. The summed E-state index contributed by atoms with van der Waals surface area (Å²) >= 11 is 2.58. The van der Waals surface area contributed by atoms with E-state index >= 15 is 0 Å². The Labute approximate surface area is 310 Å². The van der Waals surface area contributed by atoms with E-state index in [4.69, 9.17) is 0 Å². The van der Waals surface area contributed by atoms with Gasteiger partial charge in [-0.15, -0.1) is 23.5 Å². The highest BCUT2D eigenvalue weighted by Crippen LogP contribution is 2.47. The number of pyridine rings is 1. The minimum Gasteiger partial charge on any atom is -0.505 e. The normalized spacial score (nSPS) is 19.6. The van der Waals surface area contributed by atoms with Crippen molar-refractivity contribution in [2.24, 2.45) is 0 Å². The second-order valence-corrected chi connectivity index (χ2v) is 14.7. The van der Waals surface area contributed by atoms with Crippen molar-refractivity contribution in [3.8, 4) is 5.75 Å². The van der Waals surface area contributed by atoms with Gasteiger partial charge in [0.15, 0.2) is 11.6 Å². The fraction of sp³-hybridized carbons (Fsp3) is 0.211. The number of allylic oxidation sites excluding steroid dienone is 1. The smallest absolute Gasteiger partial charge is 0.352 e. The molecule has 2 saturated heterocycles. The molecule has 5 N–H and O–H groups in total. The van der Waals surface area contributed by atoms with Gasteiger partial charge < -0.3 is 26.2 Å². The maximum atomic E-state index is 14.1. The first-order chi connectivity index (χ1) is 25.6. The van der Waals surface area contributed by atoms with Crippen LogP contribution < -0.4 is 16.0 Å². The Morgan fingerprint density at radius 2 is 1.79 bits per heavy atom. The second-order valence-electron chi connectivity index (χ2n) is 12.5. The molecule has 4 heterocycles. The molecule has 0 saturated carbocycles. The molecular weight excluding hydrogens is 722 g/mol. The summed E-state index contributed by atoms with van der Waals surface area (Å²) in [6.45, 7) is 0.291. The number of aliphatic carboxylic acids is 1. The molecule has 0 radical (unpaired) electrons. The van der Waals surface area contributed by atoms with Gasteiger partial charge in [0.1, 0.15) is 17.1 Å². The van der Waals surface area contributed by atoms with Gasteiger partial charge in [-0.1, -0.05) is 30.3 Å². The van der Waals surface area contributed by atoms with Gasteiger partial charge in [-0.25, -0.2) is 9.18 Å². The predicted octanol–water partition coefficient (Wildman–Crippen LogP) is 4.54. The number of nitrogens with one attached hydrogen (secondary N) is 3. The number of β-lactam (4-membered cyclic amide) rings is 1. The van der Waals surface area contributed by atoms with Crippen LogP contribution in [0.3, 0.4) is 0 Å². The first-order valence-electron chi connectivity index (χ1n) is 16.6. The van der Waals surface area contributed by atoms with Crippen molar-refractivity contribution in [2.75, 3.05) is 23.4 Å². The number of amides is 4. The summed E-state index contributed by atoms with van der Waals surface area (Å²) in [4.78, 5) is 72.7. The Bertz CT molecular complexity index is 2230. The first kappa shape index (κ1) is 35.7. The number of phenols is 1. The summed E-state index contributed by atoms with van der Waals surface area (Å²) in [5, 5.41) is 29.8. The highest BCUT2D eigenvalue weighted by atomic mass is 32.2. The molecule has 3 aliphatic heterocycles. The number of carboxylic acids is 1. The molecule has 0 aliphatic carbocycles. The molecule has 4 amide bonds. The lowest BCUT2D eigenvalue weighted by molar-refractivity contribution is -0.150. The average molecular weight is 754 g/mol. The van der Waals surface area contributed by atoms with Crippen molar-refractivity contribution in [2.45, 2.75) is 35.1 Å². The lowest BCUT2D eigenvalue weighted by Gasteiger charge is -2.50. The van der Waals surface area contributed by atoms with Crippen molar-refractivity contribution < 1.29 is 38.6 Å². The number of thioether (sulfide) groups is 2. The molecule has 4 aromatic rings. The van der Waals surface area contributed by atoms with E-state index in [0.717, 1.165) is 32.7 Å². The first-order valence-corrected chi connectivity index (χ1v) is 18.6. The molecule has 53 heavy (non-hydrogen) atoms. The maximum absolute atomic E-state index is 14.1. The zero-order valence-corrected chi connectivity index (χ0v) is 29.5. The van der Waals surface area contributed by atoms with E-state index in [9.17, 15) is 38.6 Å². The van der Waals surface area contributed by atoms with Crippen LogP contribution >= 0.6 is 23.5 Å². The average Bonchev–Trinajstić information content (AvgIpc) is 3.58. The Morgan fingerprint density at radius 1 is 1.02 bits per heavy atom. The number of carbonyl (C=O) groups excluding carboxylic acids is 4. The monoisotopic (exact) mass is 753 g/mol. The van der Waals surface area contributed by atoms with Crippen LogP contribution in [-0.4, -0.2) is 79.2 Å². The molecule has 15 heteroatoms. The number of aromatic hydroxyl groups is 1. The van der Waals surface area contributed by atoms with Crippen LogP contribution in [0, 0.1) is 5.82 Å². The molecular formula is C38H32FN5O7S2. The molecule has 3 aromatic carbocycles.